The second-order valence-corrected chi connectivity index (χ2v) is 7.57. The van der Waals surface area contributed by atoms with Gasteiger partial charge in [-0.3, -0.25) is 24.1 Å². The molecule has 0 saturated carbocycles. The fraction of sp³-hybridized carbons (Fsp3) is 0.632. The Kier molecular flexibility index (Phi) is 8.81. The predicted molar refractivity (Wildman–Crippen MR) is 101 cm³/mol. The number of alkyl carbamates (subject to hydrolysis) is 1. The van der Waals surface area contributed by atoms with Crippen molar-refractivity contribution in [2.24, 2.45) is 0 Å². The summed E-state index contributed by atoms with van der Waals surface area (Å²) in [7, 11) is 0. The van der Waals surface area contributed by atoms with Crippen molar-refractivity contribution >= 4 is 29.6 Å². The summed E-state index contributed by atoms with van der Waals surface area (Å²) in [6.45, 7) is 7.07. The molecule has 0 aromatic rings. The van der Waals surface area contributed by atoms with Crippen molar-refractivity contribution in [3.05, 3.63) is 12.2 Å². The zero-order valence-electron chi connectivity index (χ0n) is 16.9. The first-order valence-corrected chi connectivity index (χ1v) is 9.30. The molecule has 9 nitrogen and oxygen atoms in total. The maximum Gasteiger partial charge on any atom is 0.408 e. The summed E-state index contributed by atoms with van der Waals surface area (Å²) in [5.41, 5.74) is -0.643. The Labute approximate surface area is 164 Å². The topological polar surface area (TPSA) is 122 Å². The predicted octanol–water partition coefficient (Wildman–Crippen LogP) is 1.07. The molecule has 4 amide bonds. The van der Waals surface area contributed by atoms with Crippen molar-refractivity contribution in [3.8, 4) is 0 Å². The lowest BCUT2D eigenvalue weighted by Crippen LogP contribution is -2.42. The molecule has 1 aliphatic rings. The minimum atomic E-state index is -0.643. The standard InChI is InChI=1S/C19H29N3O6/c1-13(23)14(21-18(27)28-19(2,3)4)7-5-6-11-20-15(24)10-12-22-16(25)8-9-17(22)26/h8-9,14H,5-7,10-12H2,1-4H3,(H,20,24)(H,21,27). The molecule has 156 valence electrons. The number of carbonyl (C=O) groups excluding carboxylic acids is 5. The first-order chi connectivity index (χ1) is 13.0. The molecule has 0 bridgehead atoms. The molecule has 1 heterocycles. The Morgan fingerprint density at radius 1 is 1.11 bits per heavy atom. The summed E-state index contributed by atoms with van der Waals surface area (Å²) in [5.74, 6) is -1.25. The molecule has 2 N–H and O–H groups in total. The highest BCUT2D eigenvalue weighted by Crippen LogP contribution is 2.09. The molecule has 0 spiro atoms. The number of unbranched alkanes of at least 4 members (excludes halogenated alkanes) is 1. The Morgan fingerprint density at radius 3 is 2.25 bits per heavy atom. The van der Waals surface area contributed by atoms with Gasteiger partial charge in [-0.2, -0.15) is 0 Å². The van der Waals surface area contributed by atoms with Crippen LogP contribution in [0.2, 0.25) is 0 Å². The van der Waals surface area contributed by atoms with E-state index >= 15 is 0 Å². The van der Waals surface area contributed by atoms with E-state index in [2.05, 4.69) is 10.6 Å². The van der Waals surface area contributed by atoms with Crippen LogP contribution in [0.1, 0.15) is 53.4 Å². The zero-order valence-corrected chi connectivity index (χ0v) is 16.9. The fourth-order valence-electron chi connectivity index (χ4n) is 2.48. The van der Waals surface area contributed by atoms with Crippen LogP contribution in [0.5, 0.6) is 0 Å². The van der Waals surface area contributed by atoms with Gasteiger partial charge in [-0.05, 0) is 47.0 Å². The maximum absolute atomic E-state index is 11.8. The van der Waals surface area contributed by atoms with Gasteiger partial charge < -0.3 is 15.4 Å². The van der Waals surface area contributed by atoms with Crippen LogP contribution < -0.4 is 10.6 Å². The second-order valence-electron chi connectivity index (χ2n) is 7.57. The van der Waals surface area contributed by atoms with Crippen LogP contribution in [0.25, 0.3) is 0 Å². The summed E-state index contributed by atoms with van der Waals surface area (Å²) in [6, 6.07) is -0.634. The van der Waals surface area contributed by atoms with E-state index in [1.807, 2.05) is 0 Å². The van der Waals surface area contributed by atoms with Crippen LogP contribution >= 0.6 is 0 Å². The van der Waals surface area contributed by atoms with E-state index in [-0.39, 0.29) is 24.7 Å². The number of hydrogen-bond donors (Lipinski definition) is 2. The number of amides is 4. The first-order valence-electron chi connectivity index (χ1n) is 9.30. The zero-order chi connectivity index (χ0) is 21.3. The lowest BCUT2D eigenvalue weighted by Gasteiger charge is -2.22. The monoisotopic (exact) mass is 395 g/mol. The van der Waals surface area contributed by atoms with Gasteiger partial charge in [-0.1, -0.05) is 0 Å². The minimum Gasteiger partial charge on any atom is -0.444 e. The Bertz CT molecular complexity index is 633. The maximum atomic E-state index is 11.8. The van der Waals surface area contributed by atoms with Crippen molar-refractivity contribution in [1.82, 2.24) is 15.5 Å². The summed E-state index contributed by atoms with van der Waals surface area (Å²) < 4.78 is 5.15. The number of carbonyl (C=O) groups is 5. The van der Waals surface area contributed by atoms with E-state index in [9.17, 15) is 24.0 Å². The number of nitrogens with one attached hydrogen (secondary N) is 2. The van der Waals surface area contributed by atoms with E-state index in [0.29, 0.717) is 25.8 Å². The van der Waals surface area contributed by atoms with Gasteiger partial charge in [0.1, 0.15) is 5.60 Å². The van der Waals surface area contributed by atoms with Gasteiger partial charge in [0.15, 0.2) is 5.78 Å². The summed E-state index contributed by atoms with van der Waals surface area (Å²) >= 11 is 0. The number of rotatable bonds is 10. The normalized spacial score (nSPS) is 14.8. The molecule has 1 atom stereocenters. The molecular formula is C19H29N3O6. The Balaban J connectivity index is 2.22. The van der Waals surface area contributed by atoms with Gasteiger partial charge in [-0.25, -0.2) is 4.79 Å². The van der Waals surface area contributed by atoms with Gasteiger partial charge in [-0.15, -0.1) is 0 Å². The highest BCUT2D eigenvalue weighted by molar-refractivity contribution is 6.13. The summed E-state index contributed by atoms with van der Waals surface area (Å²) in [4.78, 5) is 59.0. The van der Waals surface area contributed by atoms with Crippen LogP contribution in [0, 0.1) is 0 Å². The Morgan fingerprint density at radius 2 is 1.71 bits per heavy atom. The average molecular weight is 395 g/mol. The van der Waals surface area contributed by atoms with Crippen molar-refractivity contribution in [3.63, 3.8) is 0 Å². The van der Waals surface area contributed by atoms with Gasteiger partial charge in [0.25, 0.3) is 11.8 Å². The van der Waals surface area contributed by atoms with Crippen LogP contribution in [0.4, 0.5) is 4.79 Å². The number of nitrogens with zero attached hydrogens (tertiary/aromatic N) is 1. The molecule has 0 aromatic heterocycles. The molecule has 28 heavy (non-hydrogen) atoms. The molecule has 0 fully saturated rings. The molecular weight excluding hydrogens is 366 g/mol. The first kappa shape index (κ1) is 23.3. The highest BCUT2D eigenvalue weighted by Gasteiger charge is 2.24. The molecule has 0 aromatic carbocycles. The minimum absolute atomic E-state index is 0.0371. The van der Waals surface area contributed by atoms with Crippen molar-refractivity contribution < 1.29 is 28.7 Å². The lowest BCUT2D eigenvalue weighted by molar-refractivity contribution is -0.137. The van der Waals surface area contributed by atoms with Crippen LogP contribution in [-0.2, 0) is 23.9 Å². The molecule has 1 aliphatic heterocycles. The molecule has 0 aliphatic carbocycles. The Hall–Kier alpha value is -2.71. The molecule has 0 radical (unpaired) electrons. The van der Waals surface area contributed by atoms with E-state index in [0.717, 1.165) is 4.90 Å². The molecule has 9 heteroatoms. The third kappa shape index (κ3) is 8.79. The van der Waals surface area contributed by atoms with Gasteiger partial charge >= 0.3 is 6.09 Å². The third-order valence-corrected chi connectivity index (χ3v) is 3.89. The highest BCUT2D eigenvalue weighted by atomic mass is 16.6. The van der Waals surface area contributed by atoms with Gasteiger partial charge in [0.05, 0.1) is 6.04 Å². The summed E-state index contributed by atoms with van der Waals surface area (Å²) in [6.07, 6.45) is 3.43. The van der Waals surface area contributed by atoms with Crippen molar-refractivity contribution in [2.45, 2.75) is 65.0 Å². The van der Waals surface area contributed by atoms with E-state index in [1.54, 1.807) is 20.8 Å². The molecule has 1 unspecified atom stereocenters. The number of Topliss-reactive ketones (excluding diaryl/α,β-unsaturated/α-hetero) is 1. The van der Waals surface area contributed by atoms with Crippen LogP contribution in [-0.4, -0.2) is 59.2 Å². The van der Waals surface area contributed by atoms with E-state index in [4.69, 9.17) is 4.74 Å². The van der Waals surface area contributed by atoms with Crippen molar-refractivity contribution in [2.75, 3.05) is 13.1 Å². The average Bonchev–Trinajstić information content (AvgIpc) is 2.88. The number of hydrogen-bond acceptors (Lipinski definition) is 6. The van der Waals surface area contributed by atoms with Crippen LogP contribution in [0.3, 0.4) is 0 Å². The summed E-state index contributed by atoms with van der Waals surface area (Å²) in [5, 5.41) is 5.26. The lowest BCUT2D eigenvalue weighted by atomic mass is 10.1. The van der Waals surface area contributed by atoms with E-state index in [1.165, 1.54) is 19.1 Å². The second kappa shape index (κ2) is 10.6. The quantitative estimate of drug-likeness (QED) is 0.421. The number of ketones is 1. The molecule has 1 rings (SSSR count). The number of imide groups is 1. The van der Waals surface area contributed by atoms with Crippen LogP contribution in [0.15, 0.2) is 12.2 Å². The van der Waals surface area contributed by atoms with E-state index < -0.39 is 29.6 Å². The smallest absolute Gasteiger partial charge is 0.408 e. The largest absolute Gasteiger partial charge is 0.444 e. The SMILES string of the molecule is CC(=O)C(CCCCNC(=O)CCN1C(=O)C=CC1=O)NC(=O)OC(C)(C)C. The van der Waals surface area contributed by atoms with Gasteiger partial charge in [0, 0.05) is 31.7 Å². The van der Waals surface area contributed by atoms with Gasteiger partial charge in [0.2, 0.25) is 5.91 Å². The number of ether oxygens (including phenoxy) is 1. The fourth-order valence-corrected chi connectivity index (χ4v) is 2.48. The third-order valence-electron chi connectivity index (χ3n) is 3.89. The van der Waals surface area contributed by atoms with Crippen molar-refractivity contribution in [1.29, 1.82) is 0 Å². The molecule has 0 saturated heterocycles.